The predicted octanol–water partition coefficient (Wildman–Crippen LogP) is 5.20. The van der Waals surface area contributed by atoms with Crippen molar-refractivity contribution in [3.63, 3.8) is 0 Å². The summed E-state index contributed by atoms with van der Waals surface area (Å²) in [6, 6.07) is 4.09. The molecule has 120 valence electrons. The Morgan fingerprint density at radius 2 is 1.81 bits per heavy atom. The Morgan fingerprint density at radius 3 is 2.24 bits per heavy atom. The lowest BCUT2D eigenvalue weighted by molar-refractivity contribution is -0.137. The minimum atomic E-state index is -4.28. The molecule has 0 saturated carbocycles. The van der Waals surface area contributed by atoms with Gasteiger partial charge in [-0.15, -0.1) is 0 Å². The molecule has 0 aromatic heterocycles. The molecule has 0 saturated heterocycles. The number of halogens is 3. The van der Waals surface area contributed by atoms with Crippen LogP contribution in [-0.4, -0.2) is 17.0 Å². The van der Waals surface area contributed by atoms with Crippen LogP contribution in [0.15, 0.2) is 18.2 Å². The number of benzene rings is 1. The molecular formula is C16H24F3NS. The highest BCUT2D eigenvalue weighted by molar-refractivity contribution is 8.00. The lowest BCUT2D eigenvalue weighted by atomic mass is 9.99. The number of aryl methyl sites for hydroxylation is 1. The first-order valence-corrected chi connectivity index (χ1v) is 8.08. The zero-order chi connectivity index (χ0) is 16.3. The molecule has 0 bridgehead atoms. The number of hydrogen-bond donors (Lipinski definition) is 1. The molecule has 0 fully saturated rings. The van der Waals surface area contributed by atoms with E-state index >= 15 is 0 Å². The first kappa shape index (κ1) is 18.4. The second kappa shape index (κ2) is 7.05. The molecule has 0 aliphatic carbocycles. The molecule has 1 rings (SSSR count). The molecular weight excluding hydrogens is 295 g/mol. The fourth-order valence-corrected chi connectivity index (χ4v) is 3.05. The van der Waals surface area contributed by atoms with Crippen LogP contribution in [0.1, 0.15) is 50.4 Å². The van der Waals surface area contributed by atoms with Crippen molar-refractivity contribution in [3.8, 4) is 0 Å². The fraction of sp³-hybridized carbons (Fsp3) is 0.625. The highest BCUT2D eigenvalue weighted by atomic mass is 32.2. The summed E-state index contributed by atoms with van der Waals surface area (Å²) in [7, 11) is 0. The maximum absolute atomic E-state index is 12.7. The fourth-order valence-electron chi connectivity index (χ4n) is 2.08. The lowest BCUT2D eigenvalue weighted by Crippen LogP contribution is -2.26. The molecule has 0 spiro atoms. The summed E-state index contributed by atoms with van der Waals surface area (Å²) < 4.78 is 38.3. The maximum Gasteiger partial charge on any atom is 0.416 e. The summed E-state index contributed by atoms with van der Waals surface area (Å²) in [5.74, 6) is 0.837. The van der Waals surface area contributed by atoms with Crippen LogP contribution >= 0.6 is 11.8 Å². The van der Waals surface area contributed by atoms with Crippen LogP contribution in [0.25, 0.3) is 0 Å². The second-order valence-corrected chi connectivity index (χ2v) is 7.95. The molecule has 1 unspecified atom stereocenters. The van der Waals surface area contributed by atoms with Crippen LogP contribution in [0.2, 0.25) is 0 Å². The van der Waals surface area contributed by atoms with Crippen molar-refractivity contribution >= 4 is 11.8 Å². The van der Waals surface area contributed by atoms with E-state index in [0.29, 0.717) is 5.56 Å². The van der Waals surface area contributed by atoms with Crippen molar-refractivity contribution in [2.24, 2.45) is 0 Å². The van der Waals surface area contributed by atoms with Gasteiger partial charge >= 0.3 is 6.18 Å². The Labute approximate surface area is 129 Å². The minimum absolute atomic E-state index is 0.0708. The number of rotatable bonds is 5. The minimum Gasteiger partial charge on any atom is -0.310 e. The zero-order valence-electron chi connectivity index (χ0n) is 13.3. The summed E-state index contributed by atoms with van der Waals surface area (Å²) in [6.07, 6.45) is -4.28. The molecule has 1 atom stereocenters. The van der Waals surface area contributed by atoms with Gasteiger partial charge in [0, 0.05) is 16.5 Å². The van der Waals surface area contributed by atoms with E-state index in [4.69, 9.17) is 0 Å². The summed E-state index contributed by atoms with van der Waals surface area (Å²) in [5.41, 5.74) is 1.05. The monoisotopic (exact) mass is 319 g/mol. The third-order valence-electron chi connectivity index (χ3n) is 3.11. The molecule has 1 nitrogen and oxygen atoms in total. The molecule has 21 heavy (non-hydrogen) atoms. The van der Waals surface area contributed by atoms with Gasteiger partial charge in [0.05, 0.1) is 5.56 Å². The SMILES string of the molecule is CCNC(CSC(C)(C)C)c1ccc(C(F)(F)F)cc1C. The second-order valence-electron chi connectivity index (χ2n) is 6.10. The van der Waals surface area contributed by atoms with E-state index in [0.717, 1.165) is 17.9 Å². The molecule has 0 aliphatic heterocycles. The summed E-state index contributed by atoms with van der Waals surface area (Å²) in [6.45, 7) is 11.0. The summed E-state index contributed by atoms with van der Waals surface area (Å²) in [4.78, 5) is 0. The van der Waals surface area contributed by atoms with E-state index in [1.54, 1.807) is 13.0 Å². The van der Waals surface area contributed by atoms with E-state index in [-0.39, 0.29) is 10.8 Å². The molecule has 1 N–H and O–H groups in total. The van der Waals surface area contributed by atoms with Crippen molar-refractivity contribution in [1.82, 2.24) is 5.32 Å². The predicted molar refractivity (Wildman–Crippen MR) is 84.8 cm³/mol. The Kier molecular flexibility index (Phi) is 6.17. The highest BCUT2D eigenvalue weighted by Gasteiger charge is 2.31. The van der Waals surface area contributed by atoms with Crippen molar-refractivity contribution in [1.29, 1.82) is 0 Å². The molecule has 5 heteroatoms. The van der Waals surface area contributed by atoms with Crippen LogP contribution < -0.4 is 5.32 Å². The number of hydrogen-bond acceptors (Lipinski definition) is 2. The van der Waals surface area contributed by atoms with E-state index in [9.17, 15) is 13.2 Å². The molecule has 0 heterocycles. The lowest BCUT2D eigenvalue weighted by Gasteiger charge is -2.25. The zero-order valence-corrected chi connectivity index (χ0v) is 14.1. The van der Waals surface area contributed by atoms with Gasteiger partial charge < -0.3 is 5.32 Å². The van der Waals surface area contributed by atoms with Crippen LogP contribution in [0, 0.1) is 6.92 Å². The number of nitrogens with one attached hydrogen (secondary N) is 1. The molecule has 1 aromatic rings. The van der Waals surface area contributed by atoms with E-state index in [1.165, 1.54) is 12.1 Å². The van der Waals surface area contributed by atoms with Crippen LogP contribution in [0.4, 0.5) is 13.2 Å². The van der Waals surface area contributed by atoms with Crippen molar-refractivity contribution in [2.45, 2.75) is 51.6 Å². The molecule has 0 amide bonds. The average molecular weight is 319 g/mol. The van der Waals surface area contributed by atoms with Crippen LogP contribution in [-0.2, 0) is 6.18 Å². The third-order valence-corrected chi connectivity index (χ3v) is 4.47. The Bertz CT molecular complexity index is 464. The first-order chi connectivity index (χ1) is 9.54. The van der Waals surface area contributed by atoms with Gasteiger partial charge in [-0.05, 0) is 36.7 Å². The number of thioether (sulfide) groups is 1. The van der Waals surface area contributed by atoms with E-state index in [2.05, 4.69) is 26.1 Å². The standard InChI is InChI=1S/C16H24F3NS/c1-6-20-14(10-21-15(3,4)5)13-8-7-12(9-11(13)2)16(17,18)19/h7-9,14,20H,6,10H2,1-5H3. The molecule has 1 aromatic carbocycles. The highest BCUT2D eigenvalue weighted by Crippen LogP contribution is 2.33. The summed E-state index contributed by atoms with van der Waals surface area (Å²) >= 11 is 1.81. The largest absolute Gasteiger partial charge is 0.416 e. The van der Waals surface area contributed by atoms with Gasteiger partial charge in [-0.3, -0.25) is 0 Å². The van der Waals surface area contributed by atoms with E-state index < -0.39 is 11.7 Å². The normalized spacial score (nSPS) is 14.3. The van der Waals surface area contributed by atoms with E-state index in [1.807, 2.05) is 18.7 Å². The van der Waals surface area contributed by atoms with Gasteiger partial charge in [-0.1, -0.05) is 33.8 Å². The van der Waals surface area contributed by atoms with Gasteiger partial charge in [-0.25, -0.2) is 0 Å². The smallest absolute Gasteiger partial charge is 0.310 e. The van der Waals surface area contributed by atoms with Gasteiger partial charge in [0.2, 0.25) is 0 Å². The molecule has 0 radical (unpaired) electrons. The van der Waals surface area contributed by atoms with Crippen molar-refractivity contribution in [3.05, 3.63) is 34.9 Å². The Morgan fingerprint density at radius 1 is 1.19 bits per heavy atom. The van der Waals surface area contributed by atoms with Crippen LogP contribution in [0.3, 0.4) is 0 Å². The van der Waals surface area contributed by atoms with Crippen LogP contribution in [0.5, 0.6) is 0 Å². The maximum atomic E-state index is 12.7. The van der Waals surface area contributed by atoms with Crippen molar-refractivity contribution in [2.75, 3.05) is 12.3 Å². The van der Waals surface area contributed by atoms with Gasteiger partial charge in [0.15, 0.2) is 0 Å². The summed E-state index contributed by atoms with van der Waals surface area (Å²) in [5, 5.41) is 3.37. The molecule has 0 aliphatic rings. The van der Waals surface area contributed by atoms with Gasteiger partial charge in [0.25, 0.3) is 0 Å². The Balaban J connectivity index is 2.98. The number of alkyl halides is 3. The third kappa shape index (κ3) is 5.91. The quantitative estimate of drug-likeness (QED) is 0.801. The Hall–Kier alpha value is -0.680. The average Bonchev–Trinajstić information content (AvgIpc) is 2.32. The topological polar surface area (TPSA) is 12.0 Å². The van der Waals surface area contributed by atoms with Gasteiger partial charge in [-0.2, -0.15) is 24.9 Å². The first-order valence-electron chi connectivity index (χ1n) is 7.09. The van der Waals surface area contributed by atoms with Gasteiger partial charge in [0.1, 0.15) is 0 Å². The van der Waals surface area contributed by atoms with Crippen molar-refractivity contribution < 1.29 is 13.2 Å².